The number of morpholine rings is 1. The average Bonchev–Trinajstić information content (AvgIpc) is 2.59. The lowest BCUT2D eigenvalue weighted by molar-refractivity contribution is -0.142. The zero-order chi connectivity index (χ0) is 17.7. The number of benzene rings is 1. The van der Waals surface area contributed by atoms with Gasteiger partial charge in [0.2, 0.25) is 5.91 Å². The van der Waals surface area contributed by atoms with Gasteiger partial charge in [-0.3, -0.25) is 9.59 Å². The normalized spacial score (nSPS) is 19.2. The van der Waals surface area contributed by atoms with Crippen LogP contribution in [0.2, 0.25) is 5.02 Å². The van der Waals surface area contributed by atoms with Crippen LogP contribution in [0.15, 0.2) is 24.3 Å². The van der Waals surface area contributed by atoms with Gasteiger partial charge in [-0.2, -0.15) is 0 Å². The molecule has 1 aliphatic rings. The van der Waals surface area contributed by atoms with Gasteiger partial charge in [0.15, 0.2) is 0 Å². The number of amides is 2. The predicted molar refractivity (Wildman–Crippen MR) is 94.2 cm³/mol. The summed E-state index contributed by atoms with van der Waals surface area (Å²) >= 11 is 5.85. The number of halogens is 1. The summed E-state index contributed by atoms with van der Waals surface area (Å²) in [7, 11) is 0. The number of rotatable bonds is 5. The molecule has 5 nitrogen and oxygen atoms in total. The Bertz CT molecular complexity index is 574. The lowest BCUT2D eigenvalue weighted by Crippen LogP contribution is -2.55. The molecule has 0 saturated carbocycles. The molecule has 0 aromatic heterocycles. The van der Waals surface area contributed by atoms with Gasteiger partial charge in [0.1, 0.15) is 6.04 Å². The molecule has 1 aromatic carbocycles. The second-order valence-corrected chi connectivity index (χ2v) is 6.82. The molecule has 24 heavy (non-hydrogen) atoms. The Morgan fingerprint density at radius 1 is 1.33 bits per heavy atom. The molecule has 132 valence electrons. The van der Waals surface area contributed by atoms with E-state index in [0.29, 0.717) is 30.3 Å². The molecule has 1 saturated heterocycles. The van der Waals surface area contributed by atoms with Crippen LogP contribution in [0.5, 0.6) is 0 Å². The largest absolute Gasteiger partial charge is 0.375 e. The summed E-state index contributed by atoms with van der Waals surface area (Å²) in [6.07, 6.45) is 0.940. The maximum Gasteiger partial charge on any atom is 0.251 e. The monoisotopic (exact) mass is 352 g/mol. The lowest BCUT2D eigenvalue weighted by Gasteiger charge is -2.35. The van der Waals surface area contributed by atoms with Crippen molar-refractivity contribution in [3.63, 3.8) is 0 Å². The summed E-state index contributed by atoms with van der Waals surface area (Å²) in [5.74, 6) is -0.315. The highest BCUT2D eigenvalue weighted by atomic mass is 35.5. The third kappa shape index (κ3) is 4.71. The molecule has 2 amide bonds. The molecule has 0 radical (unpaired) electrons. The first-order chi connectivity index (χ1) is 11.4. The van der Waals surface area contributed by atoms with E-state index in [1.54, 1.807) is 29.2 Å². The molecule has 0 spiro atoms. The number of hydrogen-bond acceptors (Lipinski definition) is 3. The summed E-state index contributed by atoms with van der Waals surface area (Å²) in [5, 5.41) is 3.44. The van der Waals surface area contributed by atoms with Crippen LogP contribution in [-0.4, -0.2) is 48.6 Å². The summed E-state index contributed by atoms with van der Waals surface area (Å²) in [6, 6.07) is 6.08. The van der Waals surface area contributed by atoms with E-state index in [1.165, 1.54) is 0 Å². The fourth-order valence-corrected chi connectivity index (χ4v) is 2.83. The first-order valence-electron chi connectivity index (χ1n) is 8.39. The van der Waals surface area contributed by atoms with Crippen molar-refractivity contribution in [2.24, 2.45) is 5.92 Å². The van der Waals surface area contributed by atoms with Crippen LogP contribution in [0.1, 0.15) is 37.6 Å². The van der Waals surface area contributed by atoms with E-state index < -0.39 is 6.04 Å². The van der Waals surface area contributed by atoms with E-state index in [4.69, 9.17) is 16.3 Å². The van der Waals surface area contributed by atoms with Crippen molar-refractivity contribution in [1.82, 2.24) is 10.2 Å². The van der Waals surface area contributed by atoms with Crippen molar-refractivity contribution >= 4 is 23.4 Å². The van der Waals surface area contributed by atoms with E-state index >= 15 is 0 Å². The van der Waals surface area contributed by atoms with E-state index in [-0.39, 0.29) is 23.8 Å². The third-order valence-corrected chi connectivity index (χ3v) is 4.48. The number of nitrogens with one attached hydrogen (secondary N) is 1. The van der Waals surface area contributed by atoms with Gasteiger partial charge >= 0.3 is 0 Å². The second-order valence-electron chi connectivity index (χ2n) is 6.39. The standard InChI is InChI=1S/C18H25ClN2O3/c1-4-15-11-21(9-10-24-15)18(23)16(12(2)3)20-17(22)13-5-7-14(19)8-6-13/h5-8,12,15-16H,4,9-11H2,1-3H3,(H,20,22). The number of carbonyl (C=O) groups is 2. The van der Waals surface area contributed by atoms with E-state index in [9.17, 15) is 9.59 Å². The Labute approximate surface area is 148 Å². The van der Waals surface area contributed by atoms with Crippen molar-refractivity contribution in [3.05, 3.63) is 34.9 Å². The van der Waals surface area contributed by atoms with Gasteiger partial charge in [0.25, 0.3) is 5.91 Å². The number of ether oxygens (including phenoxy) is 1. The van der Waals surface area contributed by atoms with Crippen LogP contribution in [0.4, 0.5) is 0 Å². The zero-order valence-corrected chi connectivity index (χ0v) is 15.2. The van der Waals surface area contributed by atoms with Gasteiger partial charge in [-0.15, -0.1) is 0 Å². The minimum Gasteiger partial charge on any atom is -0.375 e. The number of carbonyl (C=O) groups excluding carboxylic acids is 2. The molecular formula is C18H25ClN2O3. The Kier molecular flexibility index (Phi) is 6.63. The van der Waals surface area contributed by atoms with Crippen LogP contribution in [0.3, 0.4) is 0 Å². The number of hydrogen-bond donors (Lipinski definition) is 1. The minimum atomic E-state index is -0.552. The Morgan fingerprint density at radius 3 is 2.58 bits per heavy atom. The highest BCUT2D eigenvalue weighted by Crippen LogP contribution is 2.14. The molecule has 0 bridgehead atoms. The highest BCUT2D eigenvalue weighted by Gasteiger charge is 2.31. The Balaban J connectivity index is 2.06. The van der Waals surface area contributed by atoms with Gasteiger partial charge in [-0.25, -0.2) is 0 Å². The molecule has 1 aromatic rings. The molecule has 1 heterocycles. The van der Waals surface area contributed by atoms with Gasteiger partial charge in [0, 0.05) is 23.7 Å². The first kappa shape index (κ1) is 18.7. The Hall–Kier alpha value is -1.59. The maximum atomic E-state index is 12.9. The predicted octanol–water partition coefficient (Wildman–Crippen LogP) is 2.73. The first-order valence-corrected chi connectivity index (χ1v) is 8.77. The molecule has 1 N–H and O–H groups in total. The van der Waals surface area contributed by atoms with Crippen LogP contribution in [0, 0.1) is 5.92 Å². The fraction of sp³-hybridized carbons (Fsp3) is 0.556. The highest BCUT2D eigenvalue weighted by molar-refractivity contribution is 6.30. The SMILES string of the molecule is CCC1CN(C(=O)C(NC(=O)c2ccc(Cl)cc2)C(C)C)CCO1. The maximum absolute atomic E-state index is 12.9. The molecule has 1 aliphatic heterocycles. The molecule has 0 aliphatic carbocycles. The zero-order valence-electron chi connectivity index (χ0n) is 14.4. The number of nitrogens with zero attached hydrogens (tertiary/aromatic N) is 1. The van der Waals surface area contributed by atoms with Crippen LogP contribution >= 0.6 is 11.6 Å². The van der Waals surface area contributed by atoms with Gasteiger partial charge in [-0.05, 0) is 36.6 Å². The molecule has 2 atom stereocenters. The second kappa shape index (κ2) is 8.49. The smallest absolute Gasteiger partial charge is 0.251 e. The van der Waals surface area contributed by atoms with E-state index in [0.717, 1.165) is 6.42 Å². The molecule has 6 heteroatoms. The van der Waals surface area contributed by atoms with Gasteiger partial charge < -0.3 is 15.0 Å². The fourth-order valence-electron chi connectivity index (χ4n) is 2.70. The molecule has 2 unspecified atom stereocenters. The van der Waals surface area contributed by atoms with Gasteiger partial charge in [-0.1, -0.05) is 32.4 Å². The average molecular weight is 353 g/mol. The summed E-state index contributed by atoms with van der Waals surface area (Å²) in [6.45, 7) is 7.59. The van der Waals surface area contributed by atoms with Crippen LogP contribution in [0.25, 0.3) is 0 Å². The van der Waals surface area contributed by atoms with Crippen LogP contribution < -0.4 is 5.32 Å². The lowest BCUT2D eigenvalue weighted by atomic mass is 10.0. The van der Waals surface area contributed by atoms with Crippen molar-refractivity contribution < 1.29 is 14.3 Å². The van der Waals surface area contributed by atoms with E-state index in [1.807, 2.05) is 20.8 Å². The van der Waals surface area contributed by atoms with Crippen molar-refractivity contribution in [2.45, 2.75) is 39.3 Å². The minimum absolute atomic E-state index is 0.00308. The van der Waals surface area contributed by atoms with Crippen molar-refractivity contribution in [2.75, 3.05) is 19.7 Å². The summed E-state index contributed by atoms with van der Waals surface area (Å²) in [5.41, 5.74) is 0.492. The quantitative estimate of drug-likeness (QED) is 0.886. The van der Waals surface area contributed by atoms with Crippen molar-refractivity contribution in [3.8, 4) is 0 Å². The summed E-state index contributed by atoms with van der Waals surface area (Å²) in [4.78, 5) is 27.1. The van der Waals surface area contributed by atoms with Crippen molar-refractivity contribution in [1.29, 1.82) is 0 Å². The topological polar surface area (TPSA) is 58.6 Å². The van der Waals surface area contributed by atoms with Gasteiger partial charge in [0.05, 0.1) is 12.7 Å². The summed E-state index contributed by atoms with van der Waals surface area (Å²) < 4.78 is 5.62. The Morgan fingerprint density at radius 2 is 2.00 bits per heavy atom. The molecule has 2 rings (SSSR count). The van der Waals surface area contributed by atoms with E-state index in [2.05, 4.69) is 5.32 Å². The molecule has 1 fully saturated rings. The van der Waals surface area contributed by atoms with Crippen LogP contribution in [-0.2, 0) is 9.53 Å². The molecular weight excluding hydrogens is 328 g/mol. The third-order valence-electron chi connectivity index (χ3n) is 4.23.